The number of rotatable bonds is 9. The van der Waals surface area contributed by atoms with E-state index in [1.165, 1.54) is 26.4 Å². The van der Waals surface area contributed by atoms with Gasteiger partial charge < -0.3 is 30.2 Å². The van der Waals surface area contributed by atoms with Crippen LogP contribution in [0.2, 0.25) is 0 Å². The van der Waals surface area contributed by atoms with Crippen LogP contribution in [0.5, 0.6) is 5.75 Å². The topological polar surface area (TPSA) is 162 Å². The molecule has 0 spiro atoms. The quantitative estimate of drug-likeness (QED) is 0.260. The molecule has 2 aliphatic heterocycles. The van der Waals surface area contributed by atoms with E-state index in [1.54, 1.807) is 22.5 Å². The second kappa shape index (κ2) is 14.4. The Kier molecular flexibility index (Phi) is 10.5. The van der Waals surface area contributed by atoms with Gasteiger partial charge in [0.2, 0.25) is 16.0 Å². The molecule has 1 aliphatic carbocycles. The highest BCUT2D eigenvalue weighted by Crippen LogP contribution is 2.33. The Morgan fingerprint density at radius 3 is 2.41 bits per heavy atom. The molecule has 1 aromatic carbocycles. The largest absolute Gasteiger partial charge is 0.495 e. The minimum atomic E-state index is -5.08. The number of fused-ring (bicyclic) bond motifs is 1. The van der Waals surface area contributed by atoms with Crippen molar-refractivity contribution in [2.24, 2.45) is 5.92 Å². The number of sulfonamides is 1. The zero-order valence-electron chi connectivity index (χ0n) is 25.3. The average Bonchev–Trinajstić information content (AvgIpc) is 3.50. The molecule has 0 bridgehead atoms. The van der Waals surface area contributed by atoms with E-state index >= 15 is 0 Å². The minimum absolute atomic E-state index is 0.221. The third-order valence-electron chi connectivity index (χ3n) is 8.48. The summed E-state index contributed by atoms with van der Waals surface area (Å²) < 4.78 is 71.4. The lowest BCUT2D eigenvalue weighted by Gasteiger charge is -2.39. The number of nitrogens with one attached hydrogen (secondary N) is 3. The SMILES string of the molecule is COc1cc(S(=O)(=O)N2CCC(N3CCOCC3)CC2)ccc1Nc1nc(NCC2CCC2)c2cc[nH]c2n1.O=C(O)C(F)(F)F. The molecule has 46 heavy (non-hydrogen) atoms. The van der Waals surface area contributed by atoms with Gasteiger partial charge in [-0.25, -0.2) is 13.2 Å². The van der Waals surface area contributed by atoms with Gasteiger partial charge in [0.25, 0.3) is 0 Å². The van der Waals surface area contributed by atoms with Crippen molar-refractivity contribution in [1.29, 1.82) is 0 Å². The first-order chi connectivity index (χ1) is 22.0. The van der Waals surface area contributed by atoms with Gasteiger partial charge in [-0.15, -0.1) is 0 Å². The molecule has 3 fully saturated rings. The number of nitrogens with zero attached hydrogens (tertiary/aromatic N) is 4. The molecular weight excluding hydrogens is 631 g/mol. The van der Waals surface area contributed by atoms with Crippen LogP contribution in [0.1, 0.15) is 32.1 Å². The van der Waals surface area contributed by atoms with E-state index in [0.29, 0.717) is 42.4 Å². The van der Waals surface area contributed by atoms with Gasteiger partial charge in [0.15, 0.2) is 0 Å². The molecule has 4 N–H and O–H groups in total. The lowest BCUT2D eigenvalue weighted by Crippen LogP contribution is -2.50. The molecule has 2 aromatic heterocycles. The minimum Gasteiger partial charge on any atom is -0.495 e. The van der Waals surface area contributed by atoms with Gasteiger partial charge >= 0.3 is 12.1 Å². The van der Waals surface area contributed by atoms with E-state index in [0.717, 1.165) is 62.5 Å². The third-order valence-corrected chi connectivity index (χ3v) is 10.4. The summed E-state index contributed by atoms with van der Waals surface area (Å²) in [6.45, 7) is 5.24. The van der Waals surface area contributed by atoms with Crippen molar-refractivity contribution < 1.29 is 41.0 Å². The molecule has 4 heterocycles. The van der Waals surface area contributed by atoms with Crippen LogP contribution < -0.4 is 15.4 Å². The number of aromatic amines is 1. The van der Waals surface area contributed by atoms with E-state index in [2.05, 4.69) is 25.5 Å². The highest BCUT2D eigenvalue weighted by Gasteiger charge is 2.38. The Labute approximate surface area is 264 Å². The van der Waals surface area contributed by atoms with Gasteiger partial charge in [0, 0.05) is 51.0 Å². The first-order valence-corrected chi connectivity index (χ1v) is 16.6. The van der Waals surface area contributed by atoms with Crippen molar-refractivity contribution in [3.05, 3.63) is 30.5 Å². The number of carbonyl (C=O) groups is 1. The fraction of sp³-hybridized carbons (Fsp3) is 0.552. The second-order valence-electron chi connectivity index (χ2n) is 11.4. The van der Waals surface area contributed by atoms with Gasteiger partial charge in [0.05, 0.1) is 36.3 Å². The molecule has 17 heteroatoms. The average molecular weight is 670 g/mol. The summed E-state index contributed by atoms with van der Waals surface area (Å²) in [6, 6.07) is 7.29. The van der Waals surface area contributed by atoms with E-state index in [9.17, 15) is 21.6 Å². The maximum Gasteiger partial charge on any atom is 0.490 e. The summed E-state index contributed by atoms with van der Waals surface area (Å²) in [5, 5.41) is 14.8. The van der Waals surface area contributed by atoms with Crippen LogP contribution in [0.25, 0.3) is 11.0 Å². The highest BCUT2D eigenvalue weighted by molar-refractivity contribution is 7.89. The van der Waals surface area contributed by atoms with Crippen molar-refractivity contribution in [2.75, 3.05) is 63.7 Å². The second-order valence-corrected chi connectivity index (χ2v) is 13.3. The van der Waals surface area contributed by atoms with Crippen molar-refractivity contribution in [1.82, 2.24) is 24.2 Å². The summed E-state index contributed by atoms with van der Waals surface area (Å²) in [5.41, 5.74) is 1.32. The first-order valence-electron chi connectivity index (χ1n) is 15.1. The Bertz CT molecular complexity index is 1600. The van der Waals surface area contributed by atoms with Gasteiger partial charge in [-0.05, 0) is 49.8 Å². The van der Waals surface area contributed by atoms with Crippen LogP contribution in [0, 0.1) is 5.92 Å². The van der Waals surface area contributed by atoms with Crippen LogP contribution in [0.3, 0.4) is 0 Å². The van der Waals surface area contributed by atoms with Crippen LogP contribution in [-0.2, 0) is 19.6 Å². The van der Waals surface area contributed by atoms with Crippen molar-refractivity contribution in [3.8, 4) is 5.75 Å². The van der Waals surface area contributed by atoms with Crippen LogP contribution >= 0.6 is 0 Å². The maximum absolute atomic E-state index is 13.5. The number of ether oxygens (including phenoxy) is 2. The van der Waals surface area contributed by atoms with E-state index in [-0.39, 0.29) is 4.90 Å². The highest BCUT2D eigenvalue weighted by atomic mass is 32.2. The Hall–Kier alpha value is -3.67. The number of methoxy groups -OCH3 is 1. The molecule has 1 saturated carbocycles. The molecule has 3 aliphatic rings. The zero-order chi connectivity index (χ0) is 32.9. The molecule has 0 radical (unpaired) electrons. The number of carboxylic acids is 1. The molecule has 0 atom stereocenters. The smallest absolute Gasteiger partial charge is 0.490 e. The molecule has 2 saturated heterocycles. The molecular formula is C29H38F3N7O6S. The number of alkyl halides is 3. The van der Waals surface area contributed by atoms with Crippen molar-refractivity contribution in [3.63, 3.8) is 0 Å². The number of hydrogen-bond donors (Lipinski definition) is 4. The lowest BCUT2D eigenvalue weighted by molar-refractivity contribution is -0.192. The van der Waals surface area contributed by atoms with Crippen LogP contribution in [0.15, 0.2) is 35.4 Å². The number of H-pyrrole nitrogens is 1. The van der Waals surface area contributed by atoms with Crippen LogP contribution in [0.4, 0.5) is 30.6 Å². The molecule has 6 rings (SSSR count). The summed E-state index contributed by atoms with van der Waals surface area (Å²) >= 11 is 0. The fourth-order valence-electron chi connectivity index (χ4n) is 5.66. The lowest BCUT2D eigenvalue weighted by atomic mass is 9.85. The van der Waals surface area contributed by atoms with Gasteiger partial charge in [0.1, 0.15) is 17.2 Å². The molecule has 3 aromatic rings. The standard InChI is InChI=1S/C27H37N7O4S.C2HF3O2/c1-37-24-17-21(39(35,36)34-11-8-20(9-12-34)33-13-15-38-16-14-33)5-6-23(24)30-27-31-25-22(7-10-28-25)26(32-27)29-18-19-3-2-4-19;3-2(4,5)1(6)7/h5-7,10,17,19-20H,2-4,8-9,11-16,18H2,1H3,(H3,28,29,30,31,32);(H,6,7). The number of aromatic nitrogens is 3. The Morgan fingerprint density at radius 1 is 1.11 bits per heavy atom. The Morgan fingerprint density at radius 2 is 1.80 bits per heavy atom. The predicted molar refractivity (Wildman–Crippen MR) is 164 cm³/mol. The summed E-state index contributed by atoms with van der Waals surface area (Å²) in [5.74, 6) is -0.481. The number of benzene rings is 1. The fourth-order valence-corrected chi connectivity index (χ4v) is 7.15. The number of hydrogen-bond acceptors (Lipinski definition) is 10. The summed E-state index contributed by atoms with van der Waals surface area (Å²) in [6.07, 6.45) is 2.20. The number of anilines is 3. The number of piperidine rings is 1. The van der Waals surface area contributed by atoms with E-state index < -0.39 is 22.2 Å². The van der Waals surface area contributed by atoms with Gasteiger partial charge in [-0.2, -0.15) is 27.4 Å². The zero-order valence-corrected chi connectivity index (χ0v) is 26.2. The first kappa shape index (κ1) is 33.7. The number of aliphatic carboxylic acids is 1. The van der Waals surface area contributed by atoms with Gasteiger partial charge in [-0.3, -0.25) is 4.90 Å². The normalized spacial score (nSPS) is 18.8. The third kappa shape index (κ3) is 8.00. The predicted octanol–water partition coefficient (Wildman–Crippen LogP) is 4.04. The van der Waals surface area contributed by atoms with E-state index in [4.69, 9.17) is 24.4 Å². The van der Waals surface area contributed by atoms with Crippen molar-refractivity contribution >= 4 is 44.5 Å². The molecule has 13 nitrogen and oxygen atoms in total. The maximum atomic E-state index is 13.5. The number of morpholine rings is 1. The number of carboxylic acid groups (broad SMARTS) is 1. The molecule has 252 valence electrons. The van der Waals surface area contributed by atoms with Gasteiger partial charge in [-0.1, -0.05) is 6.42 Å². The van der Waals surface area contributed by atoms with E-state index in [1.807, 2.05) is 12.3 Å². The molecule has 0 amide bonds. The number of halogens is 3. The summed E-state index contributed by atoms with van der Waals surface area (Å²) in [7, 11) is -2.11. The Balaban J connectivity index is 0.000000537. The van der Waals surface area contributed by atoms with Crippen molar-refractivity contribution in [2.45, 2.75) is 49.2 Å². The molecule has 0 unspecified atom stereocenters. The summed E-state index contributed by atoms with van der Waals surface area (Å²) in [4.78, 5) is 24.0. The monoisotopic (exact) mass is 669 g/mol. The van der Waals surface area contributed by atoms with Crippen LogP contribution in [-0.4, -0.2) is 109 Å².